The summed E-state index contributed by atoms with van der Waals surface area (Å²) in [6.45, 7) is 2.08. The van der Waals surface area contributed by atoms with Crippen molar-refractivity contribution in [2.45, 2.75) is 38.6 Å². The highest BCUT2D eigenvalue weighted by Crippen LogP contribution is 2.02. The Labute approximate surface area is 113 Å². The SMILES string of the molecule is CCC[C@H](O)[C@H](O)CNC(=O)OCc1ccccc1. The lowest BCUT2D eigenvalue weighted by molar-refractivity contribution is 0.0144. The molecule has 0 radical (unpaired) electrons. The molecule has 3 N–H and O–H groups in total. The molecule has 0 aliphatic heterocycles. The zero-order chi connectivity index (χ0) is 14.1. The molecule has 0 saturated heterocycles. The number of ether oxygens (including phenoxy) is 1. The summed E-state index contributed by atoms with van der Waals surface area (Å²) in [6.07, 6.45) is -1.12. The fraction of sp³-hybridized carbons (Fsp3) is 0.500. The number of carbonyl (C=O) groups is 1. The van der Waals surface area contributed by atoms with Gasteiger partial charge in [0.2, 0.25) is 0 Å². The van der Waals surface area contributed by atoms with E-state index < -0.39 is 18.3 Å². The van der Waals surface area contributed by atoms with Gasteiger partial charge in [0, 0.05) is 6.54 Å². The van der Waals surface area contributed by atoms with E-state index in [9.17, 15) is 15.0 Å². The van der Waals surface area contributed by atoms with E-state index in [-0.39, 0.29) is 13.2 Å². The predicted molar refractivity (Wildman–Crippen MR) is 71.6 cm³/mol. The summed E-state index contributed by atoms with van der Waals surface area (Å²) in [4.78, 5) is 11.4. The Morgan fingerprint density at radius 3 is 2.58 bits per heavy atom. The normalized spacial score (nSPS) is 13.6. The van der Waals surface area contributed by atoms with E-state index in [2.05, 4.69) is 5.32 Å². The van der Waals surface area contributed by atoms with Gasteiger partial charge in [0.1, 0.15) is 6.61 Å². The van der Waals surface area contributed by atoms with Gasteiger partial charge >= 0.3 is 6.09 Å². The van der Waals surface area contributed by atoms with Crippen LogP contribution in [0.4, 0.5) is 4.79 Å². The Morgan fingerprint density at radius 1 is 1.26 bits per heavy atom. The number of benzene rings is 1. The van der Waals surface area contributed by atoms with Gasteiger partial charge in [0.05, 0.1) is 12.2 Å². The lowest BCUT2D eigenvalue weighted by atomic mass is 10.1. The molecule has 19 heavy (non-hydrogen) atoms. The molecule has 1 rings (SSSR count). The van der Waals surface area contributed by atoms with Gasteiger partial charge < -0.3 is 20.3 Å². The minimum Gasteiger partial charge on any atom is -0.445 e. The van der Waals surface area contributed by atoms with E-state index in [1.54, 1.807) is 0 Å². The van der Waals surface area contributed by atoms with Crippen LogP contribution >= 0.6 is 0 Å². The van der Waals surface area contributed by atoms with Crippen molar-refractivity contribution in [1.82, 2.24) is 5.32 Å². The van der Waals surface area contributed by atoms with Crippen LogP contribution in [0.15, 0.2) is 30.3 Å². The van der Waals surface area contributed by atoms with Crippen molar-refractivity contribution in [1.29, 1.82) is 0 Å². The lowest BCUT2D eigenvalue weighted by Crippen LogP contribution is -2.39. The van der Waals surface area contributed by atoms with Crippen LogP contribution in [0, 0.1) is 0 Å². The summed E-state index contributed by atoms with van der Waals surface area (Å²) in [6, 6.07) is 9.32. The zero-order valence-corrected chi connectivity index (χ0v) is 11.1. The topological polar surface area (TPSA) is 78.8 Å². The molecule has 0 saturated carbocycles. The molecule has 0 spiro atoms. The molecule has 0 aliphatic carbocycles. The van der Waals surface area contributed by atoms with Gasteiger partial charge in [-0.05, 0) is 12.0 Å². The number of hydrogen-bond donors (Lipinski definition) is 3. The van der Waals surface area contributed by atoms with Crippen molar-refractivity contribution in [3.8, 4) is 0 Å². The van der Waals surface area contributed by atoms with Crippen molar-refractivity contribution >= 4 is 6.09 Å². The van der Waals surface area contributed by atoms with Gasteiger partial charge in [-0.2, -0.15) is 0 Å². The van der Waals surface area contributed by atoms with Crippen LogP contribution in [0.2, 0.25) is 0 Å². The molecule has 5 heteroatoms. The molecule has 0 unspecified atom stereocenters. The third-order valence-electron chi connectivity index (χ3n) is 2.70. The van der Waals surface area contributed by atoms with Crippen molar-refractivity contribution in [3.63, 3.8) is 0 Å². The Kier molecular flexibility index (Phi) is 6.92. The quantitative estimate of drug-likeness (QED) is 0.698. The first-order chi connectivity index (χ1) is 9.13. The van der Waals surface area contributed by atoms with Gasteiger partial charge in [-0.1, -0.05) is 43.7 Å². The third kappa shape index (κ3) is 6.22. The standard InChI is InChI=1S/C14H21NO4/c1-2-6-12(16)13(17)9-15-14(18)19-10-11-7-4-3-5-8-11/h3-5,7-8,12-13,16-17H,2,6,9-10H2,1H3,(H,15,18)/t12-,13+/m0/s1. The molecule has 0 heterocycles. The lowest BCUT2D eigenvalue weighted by Gasteiger charge is -2.17. The molecular formula is C14H21NO4. The first kappa shape index (κ1) is 15.5. The Morgan fingerprint density at radius 2 is 1.95 bits per heavy atom. The number of carbonyl (C=O) groups excluding carboxylic acids is 1. The second-order valence-corrected chi connectivity index (χ2v) is 4.37. The minimum atomic E-state index is -0.968. The zero-order valence-electron chi connectivity index (χ0n) is 11.1. The summed E-state index contributed by atoms with van der Waals surface area (Å²) < 4.78 is 4.98. The van der Waals surface area contributed by atoms with Crippen molar-refractivity contribution in [2.75, 3.05) is 6.54 Å². The van der Waals surface area contributed by atoms with E-state index in [1.165, 1.54) is 0 Å². The van der Waals surface area contributed by atoms with Gasteiger partial charge in [-0.3, -0.25) is 0 Å². The fourth-order valence-corrected chi connectivity index (χ4v) is 1.59. The summed E-state index contributed by atoms with van der Waals surface area (Å²) in [5, 5.41) is 21.5. The predicted octanol–water partition coefficient (Wildman–Crippen LogP) is 1.43. The first-order valence-electron chi connectivity index (χ1n) is 6.44. The number of aliphatic hydroxyl groups excluding tert-OH is 2. The van der Waals surface area contributed by atoms with Gasteiger partial charge in [-0.25, -0.2) is 4.79 Å². The van der Waals surface area contributed by atoms with Crippen LogP contribution in [0.25, 0.3) is 0 Å². The summed E-state index contributed by atoms with van der Waals surface area (Å²) in [7, 11) is 0. The summed E-state index contributed by atoms with van der Waals surface area (Å²) >= 11 is 0. The third-order valence-corrected chi connectivity index (χ3v) is 2.70. The molecule has 2 atom stereocenters. The summed E-state index contributed by atoms with van der Waals surface area (Å²) in [5.74, 6) is 0. The Balaban J connectivity index is 2.21. The van der Waals surface area contributed by atoms with Crippen molar-refractivity contribution in [3.05, 3.63) is 35.9 Å². The second kappa shape index (κ2) is 8.50. The molecule has 106 valence electrons. The highest BCUT2D eigenvalue weighted by atomic mass is 16.5. The average molecular weight is 267 g/mol. The highest BCUT2D eigenvalue weighted by Gasteiger charge is 2.16. The van der Waals surface area contributed by atoms with E-state index in [0.717, 1.165) is 12.0 Å². The number of hydrogen-bond acceptors (Lipinski definition) is 4. The van der Waals surface area contributed by atoms with Gasteiger partial charge in [-0.15, -0.1) is 0 Å². The summed E-state index contributed by atoms with van der Waals surface area (Å²) in [5.41, 5.74) is 0.893. The fourth-order valence-electron chi connectivity index (χ4n) is 1.59. The van der Waals surface area contributed by atoms with Crippen molar-refractivity contribution < 1.29 is 19.7 Å². The monoisotopic (exact) mass is 267 g/mol. The number of aliphatic hydroxyl groups is 2. The number of alkyl carbamates (subject to hydrolysis) is 1. The average Bonchev–Trinajstić information content (AvgIpc) is 2.43. The van der Waals surface area contributed by atoms with Gasteiger partial charge in [0.25, 0.3) is 0 Å². The molecular weight excluding hydrogens is 246 g/mol. The molecule has 0 aromatic heterocycles. The van der Waals surface area contributed by atoms with Crippen LogP contribution in [0.1, 0.15) is 25.3 Å². The van der Waals surface area contributed by atoms with E-state index >= 15 is 0 Å². The Bertz CT molecular complexity index is 369. The smallest absolute Gasteiger partial charge is 0.407 e. The molecule has 5 nitrogen and oxygen atoms in total. The largest absolute Gasteiger partial charge is 0.445 e. The van der Waals surface area contributed by atoms with Crippen molar-refractivity contribution in [2.24, 2.45) is 0 Å². The van der Waals surface area contributed by atoms with Gasteiger partial charge in [0.15, 0.2) is 0 Å². The first-order valence-corrected chi connectivity index (χ1v) is 6.44. The van der Waals surface area contributed by atoms with Crippen LogP contribution in [0.5, 0.6) is 0 Å². The van der Waals surface area contributed by atoms with Crippen LogP contribution < -0.4 is 5.32 Å². The second-order valence-electron chi connectivity index (χ2n) is 4.37. The molecule has 0 bridgehead atoms. The molecule has 1 aromatic carbocycles. The maximum atomic E-state index is 11.4. The maximum absolute atomic E-state index is 11.4. The Hall–Kier alpha value is -1.59. The maximum Gasteiger partial charge on any atom is 0.407 e. The van der Waals surface area contributed by atoms with Crippen LogP contribution in [-0.4, -0.2) is 35.1 Å². The van der Waals surface area contributed by atoms with E-state index in [1.807, 2.05) is 37.3 Å². The van der Waals surface area contributed by atoms with Crippen LogP contribution in [0.3, 0.4) is 0 Å². The van der Waals surface area contributed by atoms with E-state index in [4.69, 9.17) is 4.74 Å². The highest BCUT2D eigenvalue weighted by molar-refractivity contribution is 5.67. The molecule has 1 amide bonds. The minimum absolute atomic E-state index is 0.0191. The number of nitrogens with one attached hydrogen (secondary N) is 1. The molecule has 1 aromatic rings. The molecule has 0 fully saturated rings. The number of rotatable bonds is 7. The molecule has 0 aliphatic rings. The van der Waals surface area contributed by atoms with Crippen LogP contribution in [-0.2, 0) is 11.3 Å². The number of amides is 1. The van der Waals surface area contributed by atoms with E-state index in [0.29, 0.717) is 6.42 Å².